The molecule has 1 aliphatic rings. The largest absolute Gasteiger partial charge is 0.495 e. The molecule has 0 fully saturated rings. The van der Waals surface area contributed by atoms with Crippen molar-refractivity contribution in [1.82, 2.24) is 10.2 Å². The maximum Gasteiger partial charge on any atom is 0.337 e. The fourth-order valence-corrected chi connectivity index (χ4v) is 2.57. The third-order valence-electron chi connectivity index (χ3n) is 3.90. The number of methoxy groups -OCH3 is 2. The molecule has 0 unspecified atom stereocenters. The SMILES string of the molecule is CNC(=O)c1ccc(OC)c(NC2=C(C(=O)OC)CN(CCO)C2=O)c1. The first kappa shape index (κ1) is 19.3. The number of hydrogen-bond acceptors (Lipinski definition) is 7. The summed E-state index contributed by atoms with van der Waals surface area (Å²) in [6.07, 6.45) is 0. The number of esters is 1. The van der Waals surface area contributed by atoms with E-state index in [9.17, 15) is 14.4 Å². The molecule has 0 saturated heterocycles. The van der Waals surface area contributed by atoms with Crippen LogP contribution < -0.4 is 15.4 Å². The summed E-state index contributed by atoms with van der Waals surface area (Å²) in [7, 11) is 4.17. The summed E-state index contributed by atoms with van der Waals surface area (Å²) in [4.78, 5) is 37.8. The molecule has 0 aliphatic carbocycles. The average molecular weight is 363 g/mol. The van der Waals surface area contributed by atoms with Gasteiger partial charge in [-0.3, -0.25) is 9.59 Å². The highest BCUT2D eigenvalue weighted by Crippen LogP contribution is 2.30. The molecule has 0 radical (unpaired) electrons. The average Bonchev–Trinajstić information content (AvgIpc) is 2.96. The molecule has 0 spiro atoms. The lowest BCUT2D eigenvalue weighted by Crippen LogP contribution is -2.31. The fourth-order valence-electron chi connectivity index (χ4n) is 2.57. The highest BCUT2D eigenvalue weighted by Gasteiger charge is 2.34. The zero-order chi connectivity index (χ0) is 19.3. The minimum absolute atomic E-state index is 0.0197. The summed E-state index contributed by atoms with van der Waals surface area (Å²) in [5, 5.41) is 14.5. The zero-order valence-corrected chi connectivity index (χ0v) is 14.8. The number of aliphatic hydroxyl groups is 1. The van der Waals surface area contributed by atoms with Crippen LogP contribution in [-0.2, 0) is 14.3 Å². The number of β-amino-alcohol motifs (C(OH)–C–C–N with tert-alkyl or cyclic N) is 1. The van der Waals surface area contributed by atoms with E-state index >= 15 is 0 Å². The number of anilines is 1. The minimum Gasteiger partial charge on any atom is -0.495 e. The lowest BCUT2D eigenvalue weighted by Gasteiger charge is -2.16. The van der Waals surface area contributed by atoms with Crippen LogP contribution in [0.2, 0.25) is 0 Å². The molecule has 1 aromatic carbocycles. The number of nitrogens with zero attached hydrogens (tertiary/aromatic N) is 1. The van der Waals surface area contributed by atoms with Crippen LogP contribution >= 0.6 is 0 Å². The van der Waals surface area contributed by atoms with Crippen molar-refractivity contribution >= 4 is 23.5 Å². The van der Waals surface area contributed by atoms with Crippen LogP contribution in [-0.4, -0.2) is 68.8 Å². The van der Waals surface area contributed by atoms with Gasteiger partial charge in [0, 0.05) is 19.2 Å². The van der Waals surface area contributed by atoms with Crippen LogP contribution in [0.3, 0.4) is 0 Å². The smallest absolute Gasteiger partial charge is 0.337 e. The lowest BCUT2D eigenvalue weighted by molar-refractivity contribution is -0.136. The van der Waals surface area contributed by atoms with Gasteiger partial charge in [0.25, 0.3) is 11.8 Å². The van der Waals surface area contributed by atoms with Gasteiger partial charge >= 0.3 is 5.97 Å². The molecular formula is C17H21N3O6. The Balaban J connectivity index is 2.44. The van der Waals surface area contributed by atoms with Gasteiger partial charge in [0.2, 0.25) is 0 Å². The van der Waals surface area contributed by atoms with Gasteiger partial charge in [-0.2, -0.15) is 0 Å². The number of rotatable bonds is 7. The first-order chi connectivity index (χ1) is 12.5. The molecule has 0 aromatic heterocycles. The number of hydrogen-bond donors (Lipinski definition) is 3. The number of ether oxygens (including phenoxy) is 2. The summed E-state index contributed by atoms with van der Waals surface area (Å²) in [5.74, 6) is -1.02. The molecule has 1 aliphatic heterocycles. The van der Waals surface area contributed by atoms with Crippen molar-refractivity contribution in [3.8, 4) is 5.75 Å². The molecule has 9 nitrogen and oxygen atoms in total. The van der Waals surface area contributed by atoms with Crippen molar-refractivity contribution in [2.75, 3.05) is 46.3 Å². The summed E-state index contributed by atoms with van der Waals surface area (Å²) < 4.78 is 10.00. The molecule has 0 bridgehead atoms. The first-order valence-corrected chi connectivity index (χ1v) is 7.85. The Morgan fingerprint density at radius 2 is 2.04 bits per heavy atom. The fraction of sp³-hybridized carbons (Fsp3) is 0.353. The Hall–Kier alpha value is -3.07. The molecule has 3 N–H and O–H groups in total. The van der Waals surface area contributed by atoms with Gasteiger partial charge in [-0.05, 0) is 18.2 Å². The van der Waals surface area contributed by atoms with Crippen LogP contribution in [0, 0.1) is 0 Å². The number of carbonyl (C=O) groups is 3. The van der Waals surface area contributed by atoms with Gasteiger partial charge in [0.05, 0.1) is 38.6 Å². The van der Waals surface area contributed by atoms with E-state index in [1.807, 2.05) is 0 Å². The van der Waals surface area contributed by atoms with Crippen molar-refractivity contribution in [2.45, 2.75) is 0 Å². The molecule has 9 heteroatoms. The van der Waals surface area contributed by atoms with Gasteiger partial charge in [-0.1, -0.05) is 0 Å². The highest BCUT2D eigenvalue weighted by atomic mass is 16.5. The summed E-state index contributed by atoms with van der Waals surface area (Å²) in [6, 6.07) is 4.67. The van der Waals surface area contributed by atoms with E-state index in [2.05, 4.69) is 10.6 Å². The van der Waals surface area contributed by atoms with Crippen LogP contribution in [0.4, 0.5) is 5.69 Å². The monoisotopic (exact) mass is 363 g/mol. The molecular weight excluding hydrogens is 342 g/mol. The zero-order valence-electron chi connectivity index (χ0n) is 14.8. The van der Waals surface area contributed by atoms with Crippen LogP contribution in [0.5, 0.6) is 5.75 Å². The molecule has 140 valence electrons. The quantitative estimate of drug-likeness (QED) is 0.571. The van der Waals surface area contributed by atoms with Crippen molar-refractivity contribution in [2.24, 2.45) is 0 Å². The van der Waals surface area contributed by atoms with Crippen molar-refractivity contribution in [1.29, 1.82) is 0 Å². The van der Waals surface area contributed by atoms with Gasteiger partial charge in [-0.15, -0.1) is 0 Å². The predicted octanol–water partition coefficient (Wildman–Crippen LogP) is -0.272. The van der Waals surface area contributed by atoms with E-state index in [-0.39, 0.29) is 36.9 Å². The molecule has 1 aromatic rings. The third kappa shape index (κ3) is 3.77. The van der Waals surface area contributed by atoms with E-state index in [0.717, 1.165) is 0 Å². The lowest BCUT2D eigenvalue weighted by atomic mass is 10.1. The number of nitrogens with one attached hydrogen (secondary N) is 2. The molecule has 2 amide bonds. The van der Waals surface area contributed by atoms with E-state index in [1.165, 1.54) is 32.2 Å². The maximum absolute atomic E-state index is 12.6. The minimum atomic E-state index is -0.650. The Labute approximate surface area is 150 Å². The van der Waals surface area contributed by atoms with Gasteiger partial charge in [-0.25, -0.2) is 4.79 Å². The molecule has 26 heavy (non-hydrogen) atoms. The van der Waals surface area contributed by atoms with Gasteiger partial charge in [0.1, 0.15) is 11.4 Å². The first-order valence-electron chi connectivity index (χ1n) is 7.85. The Kier molecular flexibility index (Phi) is 6.18. The Bertz CT molecular complexity index is 759. The van der Waals surface area contributed by atoms with Crippen LogP contribution in [0.15, 0.2) is 29.5 Å². The molecule has 1 heterocycles. The Morgan fingerprint density at radius 3 is 2.62 bits per heavy atom. The van der Waals surface area contributed by atoms with E-state index in [0.29, 0.717) is 17.0 Å². The van der Waals surface area contributed by atoms with E-state index < -0.39 is 11.9 Å². The standard InChI is InChI=1S/C17H21N3O6/c1-18-15(22)10-4-5-13(25-2)12(8-10)19-14-11(17(24)26-3)9-20(6-7-21)16(14)23/h4-5,8,19,21H,6-7,9H2,1-3H3,(H,18,22). The third-order valence-corrected chi connectivity index (χ3v) is 3.90. The number of aliphatic hydroxyl groups excluding tert-OH is 1. The molecule has 0 saturated carbocycles. The normalized spacial score (nSPS) is 13.7. The summed E-state index contributed by atoms with van der Waals surface area (Å²) >= 11 is 0. The van der Waals surface area contributed by atoms with Gasteiger partial charge < -0.3 is 30.1 Å². The van der Waals surface area contributed by atoms with E-state index in [4.69, 9.17) is 14.6 Å². The second kappa shape index (κ2) is 8.34. The highest BCUT2D eigenvalue weighted by molar-refractivity contribution is 6.09. The van der Waals surface area contributed by atoms with Crippen molar-refractivity contribution < 1.29 is 29.0 Å². The predicted molar refractivity (Wildman–Crippen MR) is 92.7 cm³/mol. The van der Waals surface area contributed by atoms with Crippen LogP contribution in [0.25, 0.3) is 0 Å². The second-order valence-corrected chi connectivity index (χ2v) is 5.41. The van der Waals surface area contributed by atoms with Crippen molar-refractivity contribution in [3.63, 3.8) is 0 Å². The molecule has 2 rings (SSSR count). The maximum atomic E-state index is 12.6. The Morgan fingerprint density at radius 1 is 1.31 bits per heavy atom. The van der Waals surface area contributed by atoms with Crippen LogP contribution in [0.1, 0.15) is 10.4 Å². The topological polar surface area (TPSA) is 117 Å². The summed E-state index contributed by atoms with van der Waals surface area (Å²) in [6.45, 7) is -0.130. The number of carbonyl (C=O) groups excluding carboxylic acids is 3. The summed E-state index contributed by atoms with van der Waals surface area (Å²) in [5.41, 5.74) is 0.869. The second-order valence-electron chi connectivity index (χ2n) is 5.41. The number of amides is 2. The van der Waals surface area contributed by atoms with Crippen molar-refractivity contribution in [3.05, 3.63) is 35.0 Å². The number of benzene rings is 1. The van der Waals surface area contributed by atoms with E-state index in [1.54, 1.807) is 12.1 Å². The van der Waals surface area contributed by atoms with Gasteiger partial charge in [0.15, 0.2) is 0 Å². The molecule has 0 atom stereocenters.